The van der Waals surface area contributed by atoms with Crippen molar-refractivity contribution in [3.05, 3.63) is 60.4 Å². The molecule has 0 aliphatic rings. The van der Waals surface area contributed by atoms with Crippen molar-refractivity contribution in [1.29, 1.82) is 0 Å². The Balaban J connectivity index is 1.96. The Morgan fingerprint density at radius 2 is 1.59 bits per heavy atom. The minimum atomic E-state index is -4.27. The summed E-state index contributed by atoms with van der Waals surface area (Å²) in [6, 6.07) is 12.0. The van der Waals surface area contributed by atoms with Crippen molar-refractivity contribution in [2.24, 2.45) is 0 Å². The SMILES string of the molecule is C[C@H](NS(=O)(=O)c1ccccc1F)C(=O)O[C@H](C)C(=O)Nc1ccccc1. The van der Waals surface area contributed by atoms with E-state index in [1.54, 1.807) is 30.3 Å². The zero-order valence-corrected chi connectivity index (χ0v) is 15.5. The van der Waals surface area contributed by atoms with Gasteiger partial charge in [-0.2, -0.15) is 4.72 Å². The highest BCUT2D eigenvalue weighted by Gasteiger charge is 2.27. The van der Waals surface area contributed by atoms with Crippen LogP contribution in [0.1, 0.15) is 13.8 Å². The molecule has 144 valence electrons. The number of nitrogens with one attached hydrogen (secondary N) is 2. The molecule has 2 atom stereocenters. The molecular formula is C18H19FN2O5S. The lowest BCUT2D eigenvalue weighted by Gasteiger charge is -2.17. The molecule has 0 fully saturated rings. The predicted molar refractivity (Wildman–Crippen MR) is 96.8 cm³/mol. The quantitative estimate of drug-likeness (QED) is 0.700. The Labute approximate surface area is 156 Å². The molecule has 7 nitrogen and oxygen atoms in total. The summed E-state index contributed by atoms with van der Waals surface area (Å²) in [4.78, 5) is 23.5. The number of sulfonamides is 1. The highest BCUT2D eigenvalue weighted by atomic mass is 32.2. The standard InChI is InChI=1S/C18H19FN2O5S/c1-12(21-27(24,25)16-11-7-6-10-15(16)19)18(23)26-13(2)17(22)20-14-8-4-3-5-9-14/h3-13,21H,1-2H3,(H,20,22)/t12-,13+/m0/s1. The summed E-state index contributed by atoms with van der Waals surface area (Å²) in [6.07, 6.45) is -1.15. The molecule has 27 heavy (non-hydrogen) atoms. The molecule has 0 saturated carbocycles. The second-order valence-electron chi connectivity index (χ2n) is 5.71. The molecule has 0 heterocycles. The largest absolute Gasteiger partial charge is 0.451 e. The van der Waals surface area contributed by atoms with Crippen LogP contribution in [0, 0.1) is 5.82 Å². The summed E-state index contributed by atoms with van der Waals surface area (Å²) in [5.41, 5.74) is 0.527. The smallest absolute Gasteiger partial charge is 0.324 e. The van der Waals surface area contributed by atoms with Crippen molar-refractivity contribution in [1.82, 2.24) is 4.72 Å². The van der Waals surface area contributed by atoms with E-state index in [1.807, 2.05) is 4.72 Å². The molecule has 0 spiro atoms. The van der Waals surface area contributed by atoms with Crippen LogP contribution in [0.4, 0.5) is 10.1 Å². The molecule has 0 aliphatic carbocycles. The number of hydrogen-bond donors (Lipinski definition) is 2. The van der Waals surface area contributed by atoms with Crippen molar-refractivity contribution in [3.8, 4) is 0 Å². The molecule has 0 aliphatic heterocycles. The molecule has 2 aromatic rings. The number of anilines is 1. The van der Waals surface area contributed by atoms with E-state index in [9.17, 15) is 22.4 Å². The van der Waals surface area contributed by atoms with Gasteiger partial charge in [0.05, 0.1) is 0 Å². The van der Waals surface area contributed by atoms with Crippen LogP contribution in [0.15, 0.2) is 59.5 Å². The number of rotatable bonds is 7. The van der Waals surface area contributed by atoms with Crippen molar-refractivity contribution >= 4 is 27.6 Å². The van der Waals surface area contributed by atoms with Gasteiger partial charge in [-0.25, -0.2) is 12.8 Å². The summed E-state index contributed by atoms with van der Waals surface area (Å²) >= 11 is 0. The van der Waals surface area contributed by atoms with Gasteiger partial charge in [-0.3, -0.25) is 9.59 Å². The van der Waals surface area contributed by atoms with E-state index in [2.05, 4.69) is 5.32 Å². The lowest BCUT2D eigenvalue weighted by atomic mass is 10.3. The number of benzene rings is 2. The fourth-order valence-corrected chi connectivity index (χ4v) is 3.37. The molecule has 1 amide bonds. The van der Waals surface area contributed by atoms with E-state index >= 15 is 0 Å². The Morgan fingerprint density at radius 3 is 2.22 bits per heavy atom. The summed E-state index contributed by atoms with van der Waals surface area (Å²) in [7, 11) is -4.27. The van der Waals surface area contributed by atoms with Crippen molar-refractivity contribution in [3.63, 3.8) is 0 Å². The van der Waals surface area contributed by atoms with Crippen molar-refractivity contribution in [2.45, 2.75) is 30.9 Å². The van der Waals surface area contributed by atoms with Gasteiger partial charge in [-0.1, -0.05) is 30.3 Å². The average Bonchev–Trinajstić information content (AvgIpc) is 2.62. The third-order valence-corrected chi connectivity index (χ3v) is 5.09. The summed E-state index contributed by atoms with van der Waals surface area (Å²) in [5.74, 6) is -2.48. The van der Waals surface area contributed by atoms with Gasteiger partial charge in [0.1, 0.15) is 16.8 Å². The van der Waals surface area contributed by atoms with Crippen LogP contribution >= 0.6 is 0 Å². The van der Waals surface area contributed by atoms with E-state index in [-0.39, 0.29) is 0 Å². The van der Waals surface area contributed by atoms with Gasteiger partial charge in [0, 0.05) is 5.69 Å². The van der Waals surface area contributed by atoms with Gasteiger partial charge in [-0.05, 0) is 38.1 Å². The molecule has 0 unspecified atom stereocenters. The Kier molecular flexibility index (Phi) is 6.65. The number of para-hydroxylation sites is 1. The van der Waals surface area contributed by atoms with E-state index in [1.165, 1.54) is 26.0 Å². The third-order valence-electron chi connectivity index (χ3n) is 3.52. The topological polar surface area (TPSA) is 102 Å². The van der Waals surface area contributed by atoms with Crippen LogP contribution in [0.2, 0.25) is 0 Å². The predicted octanol–water partition coefficient (Wildman–Crippen LogP) is 2.06. The minimum absolute atomic E-state index is 0.527. The lowest BCUT2D eigenvalue weighted by molar-refractivity contribution is -0.154. The Morgan fingerprint density at radius 1 is 1.00 bits per heavy atom. The maximum absolute atomic E-state index is 13.7. The molecule has 0 bridgehead atoms. The van der Waals surface area contributed by atoms with E-state index in [0.717, 1.165) is 12.1 Å². The van der Waals surface area contributed by atoms with Crippen molar-refractivity contribution < 1.29 is 27.1 Å². The zero-order chi connectivity index (χ0) is 20.0. The van der Waals surface area contributed by atoms with Crippen LogP contribution in [-0.4, -0.2) is 32.4 Å². The van der Waals surface area contributed by atoms with E-state index in [4.69, 9.17) is 4.74 Å². The first kappa shape index (κ1) is 20.5. The van der Waals surface area contributed by atoms with Gasteiger partial charge in [-0.15, -0.1) is 0 Å². The Hall–Kier alpha value is -2.78. The molecule has 9 heteroatoms. The van der Waals surface area contributed by atoms with Gasteiger partial charge in [0.2, 0.25) is 10.0 Å². The minimum Gasteiger partial charge on any atom is -0.451 e. The number of carbonyl (C=O) groups is 2. The molecular weight excluding hydrogens is 375 g/mol. The molecule has 0 aromatic heterocycles. The second kappa shape index (κ2) is 8.74. The van der Waals surface area contributed by atoms with Crippen LogP contribution in [0.25, 0.3) is 0 Å². The lowest BCUT2D eigenvalue weighted by Crippen LogP contribution is -2.42. The Bertz CT molecular complexity index is 918. The average molecular weight is 394 g/mol. The molecule has 2 aromatic carbocycles. The highest BCUT2D eigenvalue weighted by Crippen LogP contribution is 2.14. The van der Waals surface area contributed by atoms with Crippen molar-refractivity contribution in [2.75, 3.05) is 5.32 Å². The third kappa shape index (κ3) is 5.60. The second-order valence-corrected chi connectivity index (χ2v) is 7.39. The fraction of sp³-hybridized carbons (Fsp3) is 0.222. The normalized spacial score (nSPS) is 13.4. The number of halogens is 1. The zero-order valence-electron chi connectivity index (χ0n) is 14.7. The number of carbonyl (C=O) groups excluding carboxylic acids is 2. The molecule has 2 N–H and O–H groups in total. The van der Waals surface area contributed by atoms with Gasteiger partial charge in [0.15, 0.2) is 6.10 Å². The maximum atomic E-state index is 13.7. The van der Waals surface area contributed by atoms with Crippen LogP contribution in [0.3, 0.4) is 0 Å². The van der Waals surface area contributed by atoms with Crippen LogP contribution in [-0.2, 0) is 24.3 Å². The number of amides is 1. The highest BCUT2D eigenvalue weighted by molar-refractivity contribution is 7.89. The first-order chi connectivity index (χ1) is 12.7. The van der Waals surface area contributed by atoms with Gasteiger partial charge < -0.3 is 10.1 Å². The summed E-state index contributed by atoms with van der Waals surface area (Å²) in [6.45, 7) is 2.59. The summed E-state index contributed by atoms with van der Waals surface area (Å²) < 4.78 is 45.1. The first-order valence-electron chi connectivity index (χ1n) is 8.04. The fourth-order valence-electron chi connectivity index (χ4n) is 2.10. The number of esters is 1. The summed E-state index contributed by atoms with van der Waals surface area (Å²) in [5, 5.41) is 2.56. The molecule has 0 radical (unpaired) electrons. The van der Waals surface area contributed by atoms with Crippen LogP contribution in [0.5, 0.6) is 0 Å². The maximum Gasteiger partial charge on any atom is 0.324 e. The van der Waals surface area contributed by atoms with Crippen LogP contribution < -0.4 is 10.0 Å². The monoisotopic (exact) mass is 394 g/mol. The molecule has 0 saturated heterocycles. The first-order valence-corrected chi connectivity index (χ1v) is 9.52. The van der Waals surface area contributed by atoms with Gasteiger partial charge >= 0.3 is 5.97 Å². The van der Waals surface area contributed by atoms with Gasteiger partial charge in [0.25, 0.3) is 5.91 Å². The molecule has 2 rings (SSSR count). The van der Waals surface area contributed by atoms with E-state index < -0.39 is 44.8 Å². The number of hydrogen-bond acceptors (Lipinski definition) is 5. The number of ether oxygens (including phenoxy) is 1. The van der Waals surface area contributed by atoms with E-state index in [0.29, 0.717) is 5.69 Å².